The molecule has 4 nitrogen and oxygen atoms in total. The number of hydrogen-bond acceptors (Lipinski definition) is 4. The van der Waals surface area contributed by atoms with E-state index in [0.29, 0.717) is 16.7 Å². The Morgan fingerprint density at radius 3 is 2.25 bits per heavy atom. The molecule has 3 aromatic rings. The number of rotatable bonds is 3. The Morgan fingerprint density at radius 2 is 1.60 bits per heavy atom. The molecule has 0 atom stereocenters. The Morgan fingerprint density at radius 1 is 0.950 bits per heavy atom. The second-order valence-corrected chi connectivity index (χ2v) is 4.69. The number of nitrogens with one attached hydrogen (secondary N) is 1. The van der Waals surface area contributed by atoms with Gasteiger partial charge in [-0.25, -0.2) is 0 Å². The molecule has 0 saturated heterocycles. The highest BCUT2D eigenvalue weighted by molar-refractivity contribution is 6.30. The molecule has 0 spiro atoms. The third kappa shape index (κ3) is 2.51. The summed E-state index contributed by atoms with van der Waals surface area (Å²) >= 11 is 5.86. The summed E-state index contributed by atoms with van der Waals surface area (Å²) in [6.45, 7) is 0. The number of anilines is 1. The quantitative estimate of drug-likeness (QED) is 0.787. The second-order valence-electron chi connectivity index (χ2n) is 4.26. The zero-order chi connectivity index (χ0) is 13.9. The summed E-state index contributed by atoms with van der Waals surface area (Å²) in [5.41, 5.74) is 2.79. The summed E-state index contributed by atoms with van der Waals surface area (Å²) in [5, 5.41) is 7.73. The number of benzene rings is 2. The van der Waals surface area contributed by atoms with Gasteiger partial charge in [0.1, 0.15) is 0 Å². The molecule has 0 bridgehead atoms. The number of hydrogen-bond donors (Lipinski definition) is 1. The average molecular weight is 286 g/mol. The van der Waals surface area contributed by atoms with Crippen LogP contribution < -0.4 is 5.32 Å². The van der Waals surface area contributed by atoms with E-state index in [1.807, 2.05) is 43.4 Å². The largest absolute Gasteiger partial charge is 0.388 e. The van der Waals surface area contributed by atoms with Crippen LogP contribution in [0.25, 0.3) is 22.8 Å². The zero-order valence-electron chi connectivity index (χ0n) is 10.8. The van der Waals surface area contributed by atoms with Gasteiger partial charge in [-0.1, -0.05) is 16.8 Å². The Balaban J connectivity index is 1.91. The van der Waals surface area contributed by atoms with Gasteiger partial charge in [0, 0.05) is 28.9 Å². The number of nitrogens with zero attached hydrogens (tertiary/aromatic N) is 2. The maximum Gasteiger partial charge on any atom is 0.258 e. The van der Waals surface area contributed by atoms with Gasteiger partial charge in [0.05, 0.1) is 0 Å². The van der Waals surface area contributed by atoms with Gasteiger partial charge in [0.2, 0.25) is 5.82 Å². The van der Waals surface area contributed by atoms with Crippen molar-refractivity contribution in [3.05, 3.63) is 53.6 Å². The van der Waals surface area contributed by atoms with E-state index in [2.05, 4.69) is 15.5 Å². The van der Waals surface area contributed by atoms with Gasteiger partial charge in [0.25, 0.3) is 5.89 Å². The van der Waals surface area contributed by atoms with Crippen LogP contribution in [0.1, 0.15) is 0 Å². The lowest BCUT2D eigenvalue weighted by molar-refractivity contribution is 0.432. The molecule has 0 aliphatic rings. The van der Waals surface area contributed by atoms with E-state index >= 15 is 0 Å². The topological polar surface area (TPSA) is 51.0 Å². The normalized spacial score (nSPS) is 10.5. The van der Waals surface area contributed by atoms with Crippen LogP contribution in [0.3, 0.4) is 0 Å². The highest BCUT2D eigenvalue weighted by atomic mass is 35.5. The summed E-state index contributed by atoms with van der Waals surface area (Å²) in [4.78, 5) is 4.39. The zero-order valence-corrected chi connectivity index (χ0v) is 11.6. The molecule has 20 heavy (non-hydrogen) atoms. The molecule has 2 aromatic carbocycles. The van der Waals surface area contributed by atoms with Crippen LogP contribution >= 0.6 is 11.6 Å². The van der Waals surface area contributed by atoms with Crippen molar-refractivity contribution < 1.29 is 4.52 Å². The van der Waals surface area contributed by atoms with Gasteiger partial charge in [-0.15, -0.1) is 0 Å². The maximum atomic E-state index is 5.86. The first-order chi connectivity index (χ1) is 9.76. The fraction of sp³-hybridized carbons (Fsp3) is 0.0667. The van der Waals surface area contributed by atoms with Gasteiger partial charge in [-0.3, -0.25) is 0 Å². The third-order valence-electron chi connectivity index (χ3n) is 2.95. The van der Waals surface area contributed by atoms with Gasteiger partial charge >= 0.3 is 0 Å². The predicted molar refractivity (Wildman–Crippen MR) is 79.7 cm³/mol. The molecule has 100 valence electrons. The van der Waals surface area contributed by atoms with Crippen LogP contribution in [0.4, 0.5) is 5.69 Å². The van der Waals surface area contributed by atoms with Crippen LogP contribution in [0.15, 0.2) is 53.1 Å². The Kier molecular flexibility index (Phi) is 3.39. The molecule has 3 rings (SSSR count). The summed E-state index contributed by atoms with van der Waals surface area (Å²) in [7, 11) is 1.88. The number of halogens is 1. The van der Waals surface area contributed by atoms with E-state index in [1.165, 1.54) is 0 Å². The molecule has 0 unspecified atom stereocenters. The first-order valence-electron chi connectivity index (χ1n) is 6.14. The highest BCUT2D eigenvalue weighted by Crippen LogP contribution is 2.24. The fourth-order valence-electron chi connectivity index (χ4n) is 1.84. The Labute approximate surface area is 121 Å². The van der Waals surface area contributed by atoms with Crippen molar-refractivity contribution in [1.29, 1.82) is 0 Å². The second kappa shape index (κ2) is 5.35. The molecule has 1 heterocycles. The lowest BCUT2D eigenvalue weighted by Gasteiger charge is -1.99. The van der Waals surface area contributed by atoms with Gasteiger partial charge < -0.3 is 9.84 Å². The van der Waals surface area contributed by atoms with Gasteiger partial charge in [-0.05, 0) is 48.5 Å². The lowest BCUT2D eigenvalue weighted by atomic mass is 10.2. The van der Waals surface area contributed by atoms with Crippen LogP contribution in [-0.2, 0) is 0 Å². The van der Waals surface area contributed by atoms with E-state index in [0.717, 1.165) is 16.8 Å². The third-order valence-corrected chi connectivity index (χ3v) is 3.20. The SMILES string of the molecule is CNc1ccc(-c2nc(-c3ccc(Cl)cc3)no2)cc1. The molecule has 0 aliphatic heterocycles. The molecule has 0 aliphatic carbocycles. The molecule has 1 aromatic heterocycles. The lowest BCUT2D eigenvalue weighted by Crippen LogP contribution is -1.87. The van der Waals surface area contributed by atoms with Crippen LogP contribution in [0, 0.1) is 0 Å². The van der Waals surface area contributed by atoms with Crippen molar-refractivity contribution in [2.24, 2.45) is 0 Å². The smallest absolute Gasteiger partial charge is 0.258 e. The predicted octanol–water partition coefficient (Wildman–Crippen LogP) is 4.10. The van der Waals surface area contributed by atoms with E-state index in [-0.39, 0.29) is 0 Å². The molecule has 0 radical (unpaired) electrons. The molecule has 0 amide bonds. The summed E-state index contributed by atoms with van der Waals surface area (Å²) in [6, 6.07) is 15.1. The van der Waals surface area contributed by atoms with E-state index in [4.69, 9.17) is 16.1 Å². The summed E-state index contributed by atoms with van der Waals surface area (Å²) in [6.07, 6.45) is 0. The fourth-order valence-corrected chi connectivity index (χ4v) is 1.96. The van der Waals surface area contributed by atoms with Crippen molar-refractivity contribution >= 4 is 17.3 Å². The Bertz CT molecular complexity index is 705. The van der Waals surface area contributed by atoms with Gasteiger partial charge in [0.15, 0.2) is 0 Å². The van der Waals surface area contributed by atoms with E-state index in [1.54, 1.807) is 12.1 Å². The van der Waals surface area contributed by atoms with Crippen LogP contribution in [-0.4, -0.2) is 17.2 Å². The minimum absolute atomic E-state index is 0.498. The van der Waals surface area contributed by atoms with Crippen LogP contribution in [0.5, 0.6) is 0 Å². The molecular weight excluding hydrogens is 274 g/mol. The van der Waals surface area contributed by atoms with Crippen LogP contribution in [0.2, 0.25) is 5.02 Å². The molecular formula is C15H12ClN3O. The standard InChI is InChI=1S/C15H12ClN3O/c1-17-13-8-4-11(5-9-13)15-18-14(19-20-15)10-2-6-12(16)7-3-10/h2-9,17H,1H3. The minimum Gasteiger partial charge on any atom is -0.388 e. The van der Waals surface area contributed by atoms with E-state index < -0.39 is 0 Å². The summed E-state index contributed by atoms with van der Waals surface area (Å²) < 4.78 is 5.29. The average Bonchev–Trinajstić information content (AvgIpc) is 2.98. The summed E-state index contributed by atoms with van der Waals surface area (Å²) in [5.74, 6) is 1.05. The van der Waals surface area contributed by atoms with E-state index in [9.17, 15) is 0 Å². The molecule has 0 fully saturated rings. The van der Waals surface area contributed by atoms with Crippen molar-refractivity contribution in [2.45, 2.75) is 0 Å². The van der Waals surface area contributed by atoms with Gasteiger partial charge in [-0.2, -0.15) is 4.98 Å². The molecule has 0 saturated carbocycles. The van der Waals surface area contributed by atoms with Crippen molar-refractivity contribution in [1.82, 2.24) is 10.1 Å². The monoisotopic (exact) mass is 285 g/mol. The highest BCUT2D eigenvalue weighted by Gasteiger charge is 2.10. The number of aromatic nitrogens is 2. The molecule has 5 heteroatoms. The Hall–Kier alpha value is -2.33. The van der Waals surface area contributed by atoms with Crippen molar-refractivity contribution in [3.8, 4) is 22.8 Å². The molecule has 1 N–H and O–H groups in total. The van der Waals surface area contributed by atoms with Crippen molar-refractivity contribution in [2.75, 3.05) is 12.4 Å². The first-order valence-corrected chi connectivity index (χ1v) is 6.52. The minimum atomic E-state index is 0.498. The van der Waals surface area contributed by atoms with Crippen molar-refractivity contribution in [3.63, 3.8) is 0 Å². The first kappa shape index (κ1) is 12.7. The maximum absolute atomic E-state index is 5.86.